The second-order valence-corrected chi connectivity index (χ2v) is 12.8. The Hall–Kier alpha value is -1.60. The molecule has 0 bridgehead atoms. The first-order chi connectivity index (χ1) is 17.6. The Morgan fingerprint density at radius 2 is 1.05 bits per heavy atom. The second-order valence-electron chi connectivity index (χ2n) is 11.2. The molecule has 1 rings (SSSR count). The Kier molecular flexibility index (Phi) is 17.6. The maximum atomic E-state index is 11.7. The number of esters is 1. The van der Waals surface area contributed by atoms with E-state index in [0.717, 1.165) is 19.3 Å². The van der Waals surface area contributed by atoms with Gasteiger partial charge in [0.25, 0.3) is 0 Å². The molecule has 0 aliphatic heterocycles. The molecule has 1 aromatic carbocycles. The molecule has 2 N–H and O–H groups in total. The SMILES string of the molecule is CC(C)(C)OC(=O)CCCCCCCCCCCCCCCCCCCOc1ccc(S(N)(=O)=O)cc1. The molecule has 6 nitrogen and oxygen atoms in total. The van der Waals surface area contributed by atoms with E-state index in [4.69, 9.17) is 14.6 Å². The van der Waals surface area contributed by atoms with Crippen molar-refractivity contribution < 1.29 is 22.7 Å². The standard InChI is InChI=1S/C30H53NO5S/c1-30(2,3)36-29(32)21-19-17-15-13-11-9-7-5-4-6-8-10-12-14-16-18-20-26-35-27-22-24-28(25-23-27)37(31,33)34/h22-25H,4-21,26H2,1-3H3,(H2,31,33,34). The first-order valence-electron chi connectivity index (χ1n) is 14.6. The predicted molar refractivity (Wildman–Crippen MR) is 152 cm³/mol. The molecule has 0 heterocycles. The molecule has 0 radical (unpaired) electrons. The van der Waals surface area contributed by atoms with Gasteiger partial charge in [-0.15, -0.1) is 0 Å². The Morgan fingerprint density at radius 1 is 0.676 bits per heavy atom. The van der Waals surface area contributed by atoms with Crippen LogP contribution in [0.5, 0.6) is 5.75 Å². The van der Waals surface area contributed by atoms with Crippen LogP contribution >= 0.6 is 0 Å². The number of sulfonamides is 1. The van der Waals surface area contributed by atoms with E-state index in [1.54, 1.807) is 12.1 Å². The zero-order valence-electron chi connectivity index (χ0n) is 23.8. The number of nitrogens with two attached hydrogens (primary N) is 1. The van der Waals surface area contributed by atoms with Gasteiger partial charge in [-0.1, -0.05) is 96.3 Å². The first-order valence-corrected chi connectivity index (χ1v) is 16.1. The topological polar surface area (TPSA) is 95.7 Å². The molecule has 0 fully saturated rings. The van der Waals surface area contributed by atoms with Gasteiger partial charge in [0.2, 0.25) is 10.0 Å². The minimum Gasteiger partial charge on any atom is -0.494 e. The summed E-state index contributed by atoms with van der Waals surface area (Å²) in [6.45, 7) is 6.41. The third kappa shape index (κ3) is 20.1. The van der Waals surface area contributed by atoms with Crippen LogP contribution in [0.25, 0.3) is 0 Å². The molecule has 0 aromatic heterocycles. The number of unbranched alkanes of at least 4 members (excludes halogenated alkanes) is 16. The van der Waals surface area contributed by atoms with Crippen LogP contribution in [0.1, 0.15) is 136 Å². The lowest BCUT2D eigenvalue weighted by Crippen LogP contribution is -2.23. The summed E-state index contributed by atoms with van der Waals surface area (Å²) < 4.78 is 33.5. The Labute approximate surface area is 227 Å². The van der Waals surface area contributed by atoms with Crippen molar-refractivity contribution in [3.63, 3.8) is 0 Å². The summed E-state index contributed by atoms with van der Waals surface area (Å²) in [6.07, 6.45) is 22.0. The Morgan fingerprint density at radius 3 is 1.43 bits per heavy atom. The average molecular weight is 540 g/mol. The van der Waals surface area contributed by atoms with Crippen LogP contribution in [0.15, 0.2) is 29.2 Å². The zero-order valence-corrected chi connectivity index (χ0v) is 24.6. The summed E-state index contributed by atoms with van der Waals surface area (Å²) in [6, 6.07) is 6.26. The molecule has 0 saturated carbocycles. The van der Waals surface area contributed by atoms with Crippen molar-refractivity contribution in [2.45, 2.75) is 147 Å². The van der Waals surface area contributed by atoms with E-state index in [-0.39, 0.29) is 16.5 Å². The fourth-order valence-corrected chi connectivity index (χ4v) is 4.85. The lowest BCUT2D eigenvalue weighted by atomic mass is 10.0. The number of carbonyl (C=O) groups is 1. The van der Waals surface area contributed by atoms with Gasteiger partial charge >= 0.3 is 5.97 Å². The molecule has 0 spiro atoms. The maximum absolute atomic E-state index is 11.7. The van der Waals surface area contributed by atoms with E-state index in [0.29, 0.717) is 18.8 Å². The number of hydrogen-bond donors (Lipinski definition) is 1. The van der Waals surface area contributed by atoms with Crippen molar-refractivity contribution >= 4 is 16.0 Å². The molecule has 0 saturated heterocycles. The van der Waals surface area contributed by atoms with Crippen LogP contribution in [0, 0.1) is 0 Å². The molecule has 0 aliphatic rings. The van der Waals surface area contributed by atoms with Gasteiger partial charge in [-0.25, -0.2) is 13.6 Å². The molecule has 214 valence electrons. The monoisotopic (exact) mass is 539 g/mol. The van der Waals surface area contributed by atoms with Gasteiger partial charge in [0.15, 0.2) is 0 Å². The average Bonchev–Trinajstić information content (AvgIpc) is 2.81. The molecular weight excluding hydrogens is 486 g/mol. The lowest BCUT2D eigenvalue weighted by molar-refractivity contribution is -0.154. The van der Waals surface area contributed by atoms with Gasteiger partial charge < -0.3 is 9.47 Å². The quantitative estimate of drug-likeness (QED) is 0.119. The normalized spacial score (nSPS) is 12.0. The van der Waals surface area contributed by atoms with E-state index < -0.39 is 10.0 Å². The number of carbonyl (C=O) groups excluding carboxylic acids is 1. The van der Waals surface area contributed by atoms with E-state index in [1.807, 2.05) is 20.8 Å². The predicted octanol–water partition coefficient (Wildman–Crippen LogP) is 8.08. The van der Waals surface area contributed by atoms with E-state index in [1.165, 1.54) is 102 Å². The van der Waals surface area contributed by atoms with Crippen molar-refractivity contribution in [3.8, 4) is 5.75 Å². The van der Waals surface area contributed by atoms with Gasteiger partial charge in [0.05, 0.1) is 11.5 Å². The van der Waals surface area contributed by atoms with Crippen molar-refractivity contribution in [1.82, 2.24) is 0 Å². The van der Waals surface area contributed by atoms with E-state index in [9.17, 15) is 13.2 Å². The Bertz CT molecular complexity index is 815. The third-order valence-corrected chi connectivity index (χ3v) is 7.30. The van der Waals surface area contributed by atoms with E-state index >= 15 is 0 Å². The number of primary sulfonamides is 1. The number of ether oxygens (including phenoxy) is 2. The van der Waals surface area contributed by atoms with E-state index in [2.05, 4.69) is 0 Å². The van der Waals surface area contributed by atoms with Crippen LogP contribution in [0.4, 0.5) is 0 Å². The largest absolute Gasteiger partial charge is 0.494 e. The van der Waals surface area contributed by atoms with Crippen LogP contribution in [-0.4, -0.2) is 26.6 Å². The third-order valence-electron chi connectivity index (χ3n) is 6.37. The first kappa shape index (κ1) is 33.4. The van der Waals surface area contributed by atoms with Crippen molar-refractivity contribution in [2.75, 3.05) is 6.61 Å². The summed E-state index contributed by atoms with van der Waals surface area (Å²) in [5.41, 5.74) is -0.367. The smallest absolute Gasteiger partial charge is 0.306 e. The number of rotatable bonds is 22. The van der Waals surface area contributed by atoms with Crippen molar-refractivity contribution in [2.24, 2.45) is 5.14 Å². The van der Waals surface area contributed by atoms with Crippen LogP contribution in [0.2, 0.25) is 0 Å². The Balaban J connectivity index is 1.78. The molecule has 37 heavy (non-hydrogen) atoms. The van der Waals surface area contributed by atoms with Crippen LogP contribution < -0.4 is 9.88 Å². The molecule has 0 unspecified atom stereocenters. The van der Waals surface area contributed by atoms with Crippen molar-refractivity contribution in [1.29, 1.82) is 0 Å². The molecule has 1 aromatic rings. The summed E-state index contributed by atoms with van der Waals surface area (Å²) in [5.74, 6) is 0.615. The highest BCUT2D eigenvalue weighted by atomic mass is 32.2. The van der Waals surface area contributed by atoms with Crippen LogP contribution in [-0.2, 0) is 19.6 Å². The van der Waals surface area contributed by atoms with Crippen LogP contribution in [0.3, 0.4) is 0 Å². The fourth-order valence-electron chi connectivity index (χ4n) is 4.33. The highest BCUT2D eigenvalue weighted by Crippen LogP contribution is 2.17. The second kappa shape index (κ2) is 19.5. The lowest BCUT2D eigenvalue weighted by Gasteiger charge is -2.19. The minimum atomic E-state index is -3.65. The molecule has 7 heteroatoms. The molecule has 0 aliphatic carbocycles. The minimum absolute atomic E-state index is 0.0651. The summed E-state index contributed by atoms with van der Waals surface area (Å²) >= 11 is 0. The van der Waals surface area contributed by atoms with Crippen molar-refractivity contribution in [3.05, 3.63) is 24.3 Å². The number of hydrogen-bond acceptors (Lipinski definition) is 5. The molecule has 0 atom stereocenters. The number of benzene rings is 1. The van der Waals surface area contributed by atoms with Gasteiger partial charge in [0, 0.05) is 6.42 Å². The van der Waals surface area contributed by atoms with Gasteiger partial charge in [-0.05, 0) is 57.9 Å². The summed E-state index contributed by atoms with van der Waals surface area (Å²) in [5, 5.41) is 5.10. The summed E-state index contributed by atoms with van der Waals surface area (Å²) in [7, 11) is -3.65. The van der Waals surface area contributed by atoms with Gasteiger partial charge in [-0.3, -0.25) is 4.79 Å². The highest BCUT2D eigenvalue weighted by molar-refractivity contribution is 7.89. The van der Waals surface area contributed by atoms with Gasteiger partial charge in [-0.2, -0.15) is 0 Å². The summed E-state index contributed by atoms with van der Waals surface area (Å²) in [4.78, 5) is 11.8. The highest BCUT2D eigenvalue weighted by Gasteiger charge is 2.15. The maximum Gasteiger partial charge on any atom is 0.306 e. The molecule has 0 amide bonds. The fraction of sp³-hybridized carbons (Fsp3) is 0.767. The molecular formula is C30H53NO5S. The van der Waals surface area contributed by atoms with Gasteiger partial charge in [0.1, 0.15) is 11.4 Å². The zero-order chi connectivity index (χ0) is 27.4.